The minimum Gasteiger partial charge on any atom is -0.465 e. The summed E-state index contributed by atoms with van der Waals surface area (Å²) >= 11 is 0. The van der Waals surface area contributed by atoms with Gasteiger partial charge < -0.3 is 20.7 Å². The van der Waals surface area contributed by atoms with E-state index in [4.69, 9.17) is 10.5 Å². The number of benzene rings is 1. The number of rotatable bonds is 5. The maximum atomic E-state index is 11.8. The van der Waals surface area contributed by atoms with Crippen LogP contribution in [0, 0.1) is 5.92 Å². The molecule has 1 aliphatic heterocycles. The lowest BCUT2D eigenvalue weighted by Gasteiger charge is -2.21. The van der Waals surface area contributed by atoms with E-state index in [1.165, 1.54) is 13.5 Å². The average Bonchev–Trinajstić information content (AvgIpc) is 2.94. The topological polar surface area (TPSA) is 67.6 Å². The Kier molecular flexibility index (Phi) is 5.07. The first-order chi connectivity index (χ1) is 10.0. The highest BCUT2D eigenvalue weighted by Gasteiger charge is 2.24. The number of nitrogens with zero attached hydrogens (tertiary/aromatic N) is 1. The largest absolute Gasteiger partial charge is 0.465 e. The maximum Gasteiger partial charge on any atom is 0.340 e. The number of carbonyl (C=O) groups excluding carboxylic acids is 1. The molecule has 1 saturated heterocycles. The minimum atomic E-state index is -0.361. The molecule has 0 radical (unpaired) electrons. The molecule has 1 heterocycles. The maximum absolute atomic E-state index is 11.8. The Morgan fingerprint density at radius 2 is 2.29 bits per heavy atom. The number of nitrogens with two attached hydrogens (primary N) is 1. The van der Waals surface area contributed by atoms with E-state index in [2.05, 4.69) is 24.1 Å². The zero-order valence-corrected chi connectivity index (χ0v) is 13.1. The van der Waals surface area contributed by atoms with Gasteiger partial charge >= 0.3 is 5.97 Å². The Balaban J connectivity index is 2.02. The van der Waals surface area contributed by atoms with Crippen LogP contribution in [0.15, 0.2) is 18.2 Å². The van der Waals surface area contributed by atoms with E-state index >= 15 is 0 Å². The molecule has 116 valence electrons. The summed E-state index contributed by atoms with van der Waals surface area (Å²) in [4.78, 5) is 14.3. The van der Waals surface area contributed by atoms with Crippen molar-refractivity contribution in [3.05, 3.63) is 23.8 Å². The molecule has 5 heteroatoms. The standard InChI is InChI=1S/C16H25N3O2/c1-11(2)19-8-7-12(10-19)9-18-15-13(16(20)21-3)5-4-6-14(15)17/h4-6,11-12,18H,7-10,17H2,1-3H3. The second kappa shape index (κ2) is 6.80. The van der Waals surface area contributed by atoms with Gasteiger partial charge in [0.1, 0.15) is 0 Å². The first kappa shape index (κ1) is 15.6. The van der Waals surface area contributed by atoms with Crippen molar-refractivity contribution in [1.82, 2.24) is 4.90 Å². The van der Waals surface area contributed by atoms with Crippen LogP contribution in [-0.2, 0) is 4.74 Å². The Labute approximate surface area is 126 Å². The van der Waals surface area contributed by atoms with E-state index in [9.17, 15) is 4.79 Å². The molecule has 0 aliphatic carbocycles. The fourth-order valence-corrected chi connectivity index (χ4v) is 2.79. The highest BCUT2D eigenvalue weighted by Crippen LogP contribution is 2.26. The van der Waals surface area contributed by atoms with Crippen molar-refractivity contribution >= 4 is 17.3 Å². The summed E-state index contributed by atoms with van der Waals surface area (Å²) < 4.78 is 4.81. The smallest absolute Gasteiger partial charge is 0.340 e. The quantitative estimate of drug-likeness (QED) is 0.643. The molecule has 0 aromatic heterocycles. The highest BCUT2D eigenvalue weighted by atomic mass is 16.5. The van der Waals surface area contributed by atoms with Gasteiger partial charge in [-0.1, -0.05) is 6.07 Å². The van der Waals surface area contributed by atoms with Gasteiger partial charge in [-0.25, -0.2) is 4.79 Å². The third-order valence-corrected chi connectivity index (χ3v) is 4.12. The van der Waals surface area contributed by atoms with Crippen LogP contribution < -0.4 is 11.1 Å². The van der Waals surface area contributed by atoms with Crippen molar-refractivity contribution in [2.45, 2.75) is 26.3 Å². The molecule has 1 aromatic rings. The number of anilines is 2. The van der Waals surface area contributed by atoms with Crippen LogP contribution in [0.3, 0.4) is 0 Å². The predicted molar refractivity (Wildman–Crippen MR) is 85.5 cm³/mol. The number of methoxy groups -OCH3 is 1. The molecular formula is C16H25N3O2. The molecule has 3 N–H and O–H groups in total. The van der Waals surface area contributed by atoms with Gasteiger partial charge in [0.05, 0.1) is 24.0 Å². The fourth-order valence-electron chi connectivity index (χ4n) is 2.79. The molecular weight excluding hydrogens is 266 g/mol. The van der Waals surface area contributed by atoms with Crippen LogP contribution in [-0.4, -0.2) is 43.7 Å². The van der Waals surface area contributed by atoms with Crippen LogP contribution in [0.4, 0.5) is 11.4 Å². The van der Waals surface area contributed by atoms with Crippen LogP contribution in [0.25, 0.3) is 0 Å². The summed E-state index contributed by atoms with van der Waals surface area (Å²) in [6, 6.07) is 5.88. The third kappa shape index (κ3) is 3.67. The lowest BCUT2D eigenvalue weighted by molar-refractivity contribution is 0.0602. The molecule has 0 saturated carbocycles. The first-order valence-corrected chi connectivity index (χ1v) is 7.47. The highest BCUT2D eigenvalue weighted by molar-refractivity contribution is 5.98. The molecule has 1 atom stereocenters. The Morgan fingerprint density at radius 1 is 1.52 bits per heavy atom. The molecule has 0 amide bonds. The molecule has 2 rings (SSSR count). The van der Waals surface area contributed by atoms with Crippen LogP contribution in [0.2, 0.25) is 0 Å². The monoisotopic (exact) mass is 291 g/mol. The summed E-state index contributed by atoms with van der Waals surface area (Å²) in [7, 11) is 1.38. The summed E-state index contributed by atoms with van der Waals surface area (Å²) in [6.45, 7) is 7.49. The van der Waals surface area contributed by atoms with Crippen molar-refractivity contribution in [3.8, 4) is 0 Å². The number of nitrogen functional groups attached to an aromatic ring is 1. The van der Waals surface area contributed by atoms with Gasteiger partial charge in [-0.3, -0.25) is 0 Å². The molecule has 1 unspecified atom stereocenters. The van der Waals surface area contributed by atoms with E-state index in [-0.39, 0.29) is 5.97 Å². The van der Waals surface area contributed by atoms with Crippen molar-refractivity contribution in [2.75, 3.05) is 37.8 Å². The fraction of sp³-hybridized carbons (Fsp3) is 0.562. The second-order valence-corrected chi connectivity index (χ2v) is 5.89. The van der Waals surface area contributed by atoms with Gasteiger partial charge in [0.2, 0.25) is 0 Å². The van der Waals surface area contributed by atoms with Gasteiger partial charge in [-0.2, -0.15) is 0 Å². The summed E-state index contributed by atoms with van der Waals surface area (Å²) in [5.74, 6) is 0.220. The summed E-state index contributed by atoms with van der Waals surface area (Å²) in [5.41, 5.74) is 7.76. The van der Waals surface area contributed by atoms with Gasteiger partial charge in [0.25, 0.3) is 0 Å². The molecule has 1 aromatic carbocycles. The van der Waals surface area contributed by atoms with Crippen molar-refractivity contribution in [3.63, 3.8) is 0 Å². The first-order valence-electron chi connectivity index (χ1n) is 7.47. The number of ether oxygens (including phenoxy) is 1. The van der Waals surface area contributed by atoms with E-state index in [0.717, 1.165) is 19.6 Å². The molecule has 1 aliphatic rings. The molecule has 5 nitrogen and oxygen atoms in total. The lowest BCUT2D eigenvalue weighted by Crippen LogP contribution is -2.29. The average molecular weight is 291 g/mol. The number of nitrogens with one attached hydrogen (secondary N) is 1. The second-order valence-electron chi connectivity index (χ2n) is 5.89. The number of esters is 1. The molecule has 21 heavy (non-hydrogen) atoms. The van der Waals surface area contributed by atoms with E-state index in [0.29, 0.717) is 28.9 Å². The van der Waals surface area contributed by atoms with Crippen molar-refractivity contribution in [2.24, 2.45) is 5.92 Å². The van der Waals surface area contributed by atoms with Gasteiger partial charge in [0.15, 0.2) is 0 Å². The number of para-hydroxylation sites is 1. The SMILES string of the molecule is COC(=O)c1cccc(N)c1NCC1CCN(C(C)C)C1. The Morgan fingerprint density at radius 3 is 2.90 bits per heavy atom. The number of hydrogen-bond acceptors (Lipinski definition) is 5. The summed E-state index contributed by atoms with van der Waals surface area (Å²) in [6.07, 6.45) is 1.17. The number of carbonyl (C=O) groups is 1. The Bertz CT molecular complexity index is 502. The zero-order chi connectivity index (χ0) is 15.4. The number of likely N-dealkylation sites (tertiary alicyclic amines) is 1. The summed E-state index contributed by atoms with van der Waals surface area (Å²) in [5, 5.41) is 3.35. The molecule has 0 bridgehead atoms. The van der Waals surface area contributed by atoms with Crippen LogP contribution in [0.1, 0.15) is 30.6 Å². The zero-order valence-electron chi connectivity index (χ0n) is 13.1. The number of hydrogen-bond donors (Lipinski definition) is 2. The molecule has 1 fully saturated rings. The van der Waals surface area contributed by atoms with Crippen molar-refractivity contribution in [1.29, 1.82) is 0 Å². The Hall–Kier alpha value is -1.75. The third-order valence-electron chi connectivity index (χ3n) is 4.12. The van der Waals surface area contributed by atoms with Crippen LogP contribution in [0.5, 0.6) is 0 Å². The van der Waals surface area contributed by atoms with E-state index < -0.39 is 0 Å². The predicted octanol–water partition coefficient (Wildman–Crippen LogP) is 2.20. The molecule has 0 spiro atoms. The van der Waals surface area contributed by atoms with Crippen molar-refractivity contribution < 1.29 is 9.53 Å². The van der Waals surface area contributed by atoms with Gasteiger partial charge in [0, 0.05) is 19.1 Å². The van der Waals surface area contributed by atoms with Crippen LogP contribution >= 0.6 is 0 Å². The lowest BCUT2D eigenvalue weighted by atomic mass is 10.1. The van der Waals surface area contributed by atoms with Gasteiger partial charge in [-0.05, 0) is 44.9 Å². The van der Waals surface area contributed by atoms with E-state index in [1.807, 2.05) is 0 Å². The minimum absolute atomic E-state index is 0.361. The van der Waals surface area contributed by atoms with E-state index in [1.54, 1.807) is 18.2 Å². The normalized spacial score (nSPS) is 19.0. The van der Waals surface area contributed by atoms with Gasteiger partial charge in [-0.15, -0.1) is 0 Å².